The Hall–Kier alpha value is -1.29. The Balaban J connectivity index is 2.74. The van der Waals surface area contributed by atoms with Crippen molar-refractivity contribution < 1.29 is 4.79 Å². The van der Waals surface area contributed by atoms with Gasteiger partial charge >= 0.3 is 0 Å². The highest BCUT2D eigenvalue weighted by Gasteiger charge is 2.06. The summed E-state index contributed by atoms with van der Waals surface area (Å²) in [5.74, 6) is -0.141. The van der Waals surface area contributed by atoms with E-state index in [2.05, 4.69) is 27.8 Å². The topological polar surface area (TPSA) is 55.1 Å². The van der Waals surface area contributed by atoms with E-state index >= 15 is 0 Å². The highest BCUT2D eigenvalue weighted by atomic mass is 79.9. The predicted molar refractivity (Wildman–Crippen MR) is 65.7 cm³/mol. The van der Waals surface area contributed by atoms with Crippen LogP contribution in [0.4, 0.5) is 5.69 Å². The van der Waals surface area contributed by atoms with Gasteiger partial charge in [-0.1, -0.05) is 12.2 Å². The van der Waals surface area contributed by atoms with E-state index in [4.69, 9.17) is 5.73 Å². The molecule has 0 saturated heterocycles. The molecule has 0 aliphatic heterocycles. The van der Waals surface area contributed by atoms with Crippen LogP contribution >= 0.6 is 15.9 Å². The van der Waals surface area contributed by atoms with Crippen molar-refractivity contribution in [1.29, 1.82) is 0 Å². The molecule has 3 nitrogen and oxygen atoms in total. The van der Waals surface area contributed by atoms with Gasteiger partial charge in [0, 0.05) is 22.3 Å². The Bertz CT molecular complexity index is 402. The molecule has 0 bridgehead atoms. The van der Waals surface area contributed by atoms with Crippen LogP contribution in [0.5, 0.6) is 0 Å². The monoisotopic (exact) mass is 268 g/mol. The lowest BCUT2D eigenvalue weighted by Gasteiger charge is -2.06. The van der Waals surface area contributed by atoms with Crippen LogP contribution in [0.2, 0.25) is 0 Å². The van der Waals surface area contributed by atoms with Gasteiger partial charge < -0.3 is 11.1 Å². The minimum absolute atomic E-state index is 0.141. The molecule has 1 amide bonds. The first-order chi connectivity index (χ1) is 7.00. The van der Waals surface area contributed by atoms with Crippen LogP contribution in [0.1, 0.15) is 17.3 Å². The van der Waals surface area contributed by atoms with Crippen molar-refractivity contribution in [3.05, 3.63) is 40.4 Å². The Morgan fingerprint density at radius 2 is 2.27 bits per heavy atom. The van der Waals surface area contributed by atoms with E-state index < -0.39 is 0 Å². The molecule has 1 rings (SSSR count). The minimum Gasteiger partial charge on any atom is -0.398 e. The Kier molecular flexibility index (Phi) is 3.91. The first kappa shape index (κ1) is 11.8. The lowest BCUT2D eigenvalue weighted by molar-refractivity contribution is 0.0957. The summed E-state index contributed by atoms with van der Waals surface area (Å²) in [5, 5.41) is 2.74. The van der Waals surface area contributed by atoms with Crippen molar-refractivity contribution in [3.8, 4) is 0 Å². The number of hydrogen-bond donors (Lipinski definition) is 2. The molecular formula is C11H13BrN2O. The summed E-state index contributed by atoms with van der Waals surface area (Å²) in [4.78, 5) is 11.6. The SMILES string of the molecule is C=C(C)CNC(=O)c1ccc(Br)c(N)c1. The van der Waals surface area contributed by atoms with Gasteiger partial charge in [0.1, 0.15) is 0 Å². The number of amides is 1. The third-order valence-corrected chi connectivity index (χ3v) is 2.53. The molecule has 0 aliphatic carbocycles. The van der Waals surface area contributed by atoms with Gasteiger partial charge in [-0.05, 0) is 41.1 Å². The zero-order chi connectivity index (χ0) is 11.4. The number of nitrogens with one attached hydrogen (secondary N) is 1. The van der Waals surface area contributed by atoms with E-state index in [1.807, 2.05) is 6.92 Å². The third-order valence-electron chi connectivity index (χ3n) is 1.81. The van der Waals surface area contributed by atoms with Crippen LogP contribution in [0.15, 0.2) is 34.8 Å². The van der Waals surface area contributed by atoms with Gasteiger partial charge in [-0.2, -0.15) is 0 Å². The smallest absolute Gasteiger partial charge is 0.251 e. The summed E-state index contributed by atoms with van der Waals surface area (Å²) in [7, 11) is 0. The highest BCUT2D eigenvalue weighted by Crippen LogP contribution is 2.19. The molecule has 0 saturated carbocycles. The molecule has 0 aromatic heterocycles. The van der Waals surface area contributed by atoms with Crippen molar-refractivity contribution in [2.75, 3.05) is 12.3 Å². The number of hydrogen-bond acceptors (Lipinski definition) is 2. The second kappa shape index (κ2) is 4.98. The average Bonchev–Trinajstić information content (AvgIpc) is 2.18. The molecule has 1 aromatic carbocycles. The van der Waals surface area contributed by atoms with Gasteiger partial charge in [0.15, 0.2) is 0 Å². The summed E-state index contributed by atoms with van der Waals surface area (Å²) < 4.78 is 0.791. The zero-order valence-corrected chi connectivity index (χ0v) is 10.1. The number of rotatable bonds is 3. The number of nitrogen functional groups attached to an aromatic ring is 1. The fourth-order valence-electron chi connectivity index (χ4n) is 1.02. The first-order valence-corrected chi connectivity index (χ1v) is 5.27. The van der Waals surface area contributed by atoms with E-state index in [9.17, 15) is 4.79 Å². The molecule has 0 radical (unpaired) electrons. The van der Waals surface area contributed by atoms with E-state index in [0.29, 0.717) is 17.8 Å². The van der Waals surface area contributed by atoms with Crippen LogP contribution < -0.4 is 11.1 Å². The Morgan fingerprint density at radius 1 is 1.60 bits per heavy atom. The van der Waals surface area contributed by atoms with Crippen molar-refractivity contribution in [2.45, 2.75) is 6.92 Å². The van der Waals surface area contributed by atoms with Crippen molar-refractivity contribution in [1.82, 2.24) is 5.32 Å². The average molecular weight is 269 g/mol. The Labute approximate surface area is 97.5 Å². The lowest BCUT2D eigenvalue weighted by Crippen LogP contribution is -2.24. The van der Waals surface area contributed by atoms with Gasteiger partial charge in [-0.25, -0.2) is 0 Å². The summed E-state index contributed by atoms with van der Waals surface area (Å²) in [6.07, 6.45) is 0. The van der Waals surface area contributed by atoms with Crippen LogP contribution in [-0.4, -0.2) is 12.5 Å². The molecule has 15 heavy (non-hydrogen) atoms. The minimum atomic E-state index is -0.141. The van der Waals surface area contributed by atoms with E-state index in [1.165, 1.54) is 0 Å². The summed E-state index contributed by atoms with van der Waals surface area (Å²) >= 11 is 3.27. The first-order valence-electron chi connectivity index (χ1n) is 4.48. The maximum atomic E-state index is 11.6. The van der Waals surface area contributed by atoms with Crippen molar-refractivity contribution in [2.24, 2.45) is 0 Å². The predicted octanol–water partition coefficient (Wildman–Crippen LogP) is 2.34. The number of carbonyl (C=O) groups is 1. The molecule has 0 atom stereocenters. The second-order valence-corrected chi connectivity index (χ2v) is 4.23. The van der Waals surface area contributed by atoms with Gasteiger partial charge in [0.25, 0.3) is 5.91 Å². The van der Waals surface area contributed by atoms with Gasteiger partial charge in [0.05, 0.1) is 0 Å². The standard InChI is InChI=1S/C11H13BrN2O/c1-7(2)6-14-11(15)8-3-4-9(12)10(13)5-8/h3-5H,1,6,13H2,2H3,(H,14,15). The number of nitrogens with two attached hydrogens (primary N) is 1. The third kappa shape index (κ3) is 3.40. The van der Waals surface area contributed by atoms with Crippen molar-refractivity contribution >= 4 is 27.5 Å². The Morgan fingerprint density at radius 3 is 2.80 bits per heavy atom. The normalized spacial score (nSPS) is 9.73. The molecule has 0 heterocycles. The molecule has 80 valence electrons. The lowest BCUT2D eigenvalue weighted by atomic mass is 10.2. The fraction of sp³-hybridized carbons (Fsp3) is 0.182. The van der Waals surface area contributed by atoms with Crippen molar-refractivity contribution in [3.63, 3.8) is 0 Å². The van der Waals surface area contributed by atoms with Crippen LogP contribution in [0, 0.1) is 0 Å². The zero-order valence-electron chi connectivity index (χ0n) is 8.51. The molecule has 0 unspecified atom stereocenters. The molecule has 0 fully saturated rings. The van der Waals surface area contributed by atoms with Crippen LogP contribution in [-0.2, 0) is 0 Å². The second-order valence-electron chi connectivity index (χ2n) is 3.38. The number of halogens is 1. The van der Waals surface area contributed by atoms with Crippen LogP contribution in [0.3, 0.4) is 0 Å². The molecular weight excluding hydrogens is 256 g/mol. The molecule has 0 spiro atoms. The number of anilines is 1. The summed E-state index contributed by atoms with van der Waals surface area (Å²) in [5.41, 5.74) is 7.69. The molecule has 1 aromatic rings. The maximum Gasteiger partial charge on any atom is 0.251 e. The summed E-state index contributed by atoms with van der Waals surface area (Å²) in [6.45, 7) is 6.04. The number of benzene rings is 1. The van der Waals surface area contributed by atoms with Gasteiger partial charge in [0.2, 0.25) is 0 Å². The maximum absolute atomic E-state index is 11.6. The quantitative estimate of drug-likeness (QED) is 0.653. The molecule has 3 N–H and O–H groups in total. The van der Waals surface area contributed by atoms with E-state index in [0.717, 1.165) is 10.0 Å². The van der Waals surface area contributed by atoms with Gasteiger partial charge in [-0.15, -0.1) is 0 Å². The van der Waals surface area contributed by atoms with Gasteiger partial charge in [-0.3, -0.25) is 4.79 Å². The largest absolute Gasteiger partial charge is 0.398 e. The number of carbonyl (C=O) groups excluding carboxylic acids is 1. The molecule has 0 aliphatic rings. The fourth-order valence-corrected chi connectivity index (χ4v) is 1.26. The van der Waals surface area contributed by atoms with E-state index in [1.54, 1.807) is 18.2 Å². The molecule has 4 heteroatoms. The van der Waals surface area contributed by atoms with Crippen LogP contribution in [0.25, 0.3) is 0 Å². The summed E-state index contributed by atoms with van der Waals surface area (Å²) in [6, 6.07) is 5.11. The highest BCUT2D eigenvalue weighted by molar-refractivity contribution is 9.10. The van der Waals surface area contributed by atoms with E-state index in [-0.39, 0.29) is 5.91 Å².